The molecule has 1 aliphatic carbocycles. The van der Waals surface area contributed by atoms with E-state index < -0.39 is 0 Å². The molecular weight excluding hydrogens is 455 g/mol. The van der Waals surface area contributed by atoms with Crippen LogP contribution in [0.25, 0.3) is 22.1 Å². The van der Waals surface area contributed by atoms with Gasteiger partial charge in [0.25, 0.3) is 0 Å². The summed E-state index contributed by atoms with van der Waals surface area (Å²) in [5.74, 6) is 1.38. The SMILES string of the molecule is CC[C@@H]1CCCC[C@@H]1n1c(=O)n(Cc2cccc(Oc3ccc(F)cc3)c2)c2cnc3[nH]ccc3c21. The van der Waals surface area contributed by atoms with E-state index in [2.05, 4.69) is 21.5 Å². The molecule has 0 saturated heterocycles. The Morgan fingerprint density at radius 3 is 2.75 bits per heavy atom. The lowest BCUT2D eigenvalue weighted by Crippen LogP contribution is -2.33. The van der Waals surface area contributed by atoms with Crippen molar-refractivity contribution in [3.05, 3.63) is 88.9 Å². The normalized spacial score (nSPS) is 18.2. The van der Waals surface area contributed by atoms with Crippen molar-refractivity contribution in [1.29, 1.82) is 0 Å². The van der Waals surface area contributed by atoms with Crippen LogP contribution < -0.4 is 10.4 Å². The van der Waals surface area contributed by atoms with Crippen molar-refractivity contribution in [3.8, 4) is 11.5 Å². The van der Waals surface area contributed by atoms with Crippen molar-refractivity contribution in [1.82, 2.24) is 19.1 Å². The van der Waals surface area contributed by atoms with Gasteiger partial charge >= 0.3 is 5.69 Å². The highest BCUT2D eigenvalue weighted by molar-refractivity contribution is 6.01. The first kappa shape index (κ1) is 22.6. The van der Waals surface area contributed by atoms with Gasteiger partial charge in [-0.05, 0) is 66.8 Å². The number of H-pyrrole nitrogens is 1. The van der Waals surface area contributed by atoms with Crippen molar-refractivity contribution in [2.45, 2.75) is 51.6 Å². The first-order valence-corrected chi connectivity index (χ1v) is 12.7. The molecule has 2 aromatic carbocycles. The summed E-state index contributed by atoms with van der Waals surface area (Å²) in [6.07, 6.45) is 9.31. The third kappa shape index (κ3) is 3.98. The van der Waals surface area contributed by atoms with Gasteiger partial charge in [-0.1, -0.05) is 38.3 Å². The lowest BCUT2D eigenvalue weighted by atomic mass is 9.82. The predicted molar refractivity (Wildman–Crippen MR) is 139 cm³/mol. The van der Waals surface area contributed by atoms with Crippen molar-refractivity contribution >= 4 is 22.1 Å². The summed E-state index contributed by atoms with van der Waals surface area (Å²) < 4.78 is 23.1. The van der Waals surface area contributed by atoms with Gasteiger partial charge < -0.3 is 9.72 Å². The van der Waals surface area contributed by atoms with Gasteiger partial charge in [0, 0.05) is 17.6 Å². The fourth-order valence-electron chi connectivity index (χ4n) is 5.76. The Kier molecular flexibility index (Phi) is 5.83. The minimum atomic E-state index is -0.305. The Morgan fingerprint density at radius 2 is 1.92 bits per heavy atom. The quantitative estimate of drug-likeness (QED) is 0.288. The third-order valence-corrected chi connectivity index (χ3v) is 7.52. The second-order valence-electron chi connectivity index (χ2n) is 9.69. The average Bonchev–Trinajstić information content (AvgIpc) is 3.48. The molecule has 184 valence electrons. The van der Waals surface area contributed by atoms with E-state index in [0.29, 0.717) is 24.0 Å². The molecule has 0 bridgehead atoms. The zero-order valence-corrected chi connectivity index (χ0v) is 20.3. The van der Waals surface area contributed by atoms with E-state index in [9.17, 15) is 9.18 Å². The molecule has 36 heavy (non-hydrogen) atoms. The largest absolute Gasteiger partial charge is 0.457 e. The second-order valence-corrected chi connectivity index (χ2v) is 9.69. The summed E-state index contributed by atoms with van der Waals surface area (Å²) in [6.45, 7) is 2.64. The molecule has 3 aromatic heterocycles. The minimum absolute atomic E-state index is 0.00991. The smallest absolute Gasteiger partial charge is 0.329 e. The Balaban J connectivity index is 1.43. The number of aromatic nitrogens is 4. The summed E-state index contributed by atoms with van der Waals surface area (Å²) in [5.41, 5.74) is 3.57. The lowest BCUT2D eigenvalue weighted by Gasteiger charge is -2.31. The van der Waals surface area contributed by atoms with Gasteiger partial charge in [-0.25, -0.2) is 14.2 Å². The number of halogens is 1. The van der Waals surface area contributed by atoms with Crippen LogP contribution in [0, 0.1) is 11.7 Å². The standard InChI is InChI=1S/C29H29FN4O2/c1-2-20-7-3-4-9-25(20)34-27-24-14-15-31-28(24)32-17-26(27)33(29(34)35)18-19-6-5-8-23(16-19)36-22-12-10-21(30)11-13-22/h5-6,8,10-17,20,25H,2-4,7,9,18H2,1H3,(H,31,32)/t20-,25+/m1/s1. The maximum absolute atomic E-state index is 14.0. The van der Waals surface area contributed by atoms with Crippen LogP contribution in [-0.2, 0) is 6.54 Å². The molecule has 0 unspecified atom stereocenters. The molecule has 1 saturated carbocycles. The molecule has 1 fully saturated rings. The zero-order valence-electron chi connectivity index (χ0n) is 20.3. The molecule has 6 rings (SSSR count). The van der Waals surface area contributed by atoms with Crippen LogP contribution >= 0.6 is 0 Å². The first-order chi connectivity index (χ1) is 17.6. The average molecular weight is 485 g/mol. The van der Waals surface area contributed by atoms with Gasteiger partial charge in [0.15, 0.2) is 0 Å². The molecule has 7 heteroatoms. The monoisotopic (exact) mass is 484 g/mol. The minimum Gasteiger partial charge on any atom is -0.457 e. The van der Waals surface area contributed by atoms with E-state index in [0.717, 1.165) is 53.3 Å². The Morgan fingerprint density at radius 1 is 1.08 bits per heavy atom. The second kappa shape index (κ2) is 9.30. The zero-order chi connectivity index (χ0) is 24.6. The van der Waals surface area contributed by atoms with E-state index in [1.54, 1.807) is 12.1 Å². The highest BCUT2D eigenvalue weighted by Crippen LogP contribution is 2.38. The summed E-state index contributed by atoms with van der Waals surface area (Å²) >= 11 is 0. The molecule has 3 heterocycles. The van der Waals surface area contributed by atoms with Crippen LogP contribution in [0.5, 0.6) is 11.5 Å². The summed E-state index contributed by atoms with van der Waals surface area (Å²) in [4.78, 5) is 21.9. The van der Waals surface area contributed by atoms with Crippen LogP contribution in [0.4, 0.5) is 4.39 Å². The van der Waals surface area contributed by atoms with Crippen LogP contribution in [0.2, 0.25) is 0 Å². The number of imidazole rings is 1. The number of nitrogens with zero attached hydrogens (tertiary/aromatic N) is 3. The fourth-order valence-corrected chi connectivity index (χ4v) is 5.76. The van der Waals surface area contributed by atoms with Gasteiger partial charge in [-0.2, -0.15) is 0 Å². The molecule has 1 aliphatic rings. The van der Waals surface area contributed by atoms with Crippen LogP contribution in [0.3, 0.4) is 0 Å². The number of pyridine rings is 1. The maximum atomic E-state index is 14.0. The Bertz CT molecular complexity index is 1580. The number of fused-ring (bicyclic) bond motifs is 3. The Labute approximate surface area is 208 Å². The topological polar surface area (TPSA) is 64.8 Å². The molecule has 5 aromatic rings. The first-order valence-electron chi connectivity index (χ1n) is 12.7. The van der Waals surface area contributed by atoms with E-state index in [-0.39, 0.29) is 17.5 Å². The summed E-state index contributed by atoms with van der Waals surface area (Å²) in [6, 6.07) is 15.8. The molecule has 1 N–H and O–H groups in total. The number of ether oxygens (including phenoxy) is 1. The lowest BCUT2D eigenvalue weighted by molar-refractivity contribution is 0.232. The molecule has 0 spiro atoms. The number of nitrogens with one attached hydrogen (secondary N) is 1. The van der Waals surface area contributed by atoms with Gasteiger partial charge in [0.05, 0.1) is 23.8 Å². The van der Waals surface area contributed by atoms with E-state index >= 15 is 0 Å². The van der Waals surface area contributed by atoms with E-state index in [1.807, 2.05) is 47.3 Å². The molecule has 6 nitrogen and oxygen atoms in total. The van der Waals surface area contributed by atoms with Gasteiger partial charge in [-0.3, -0.25) is 9.13 Å². The highest BCUT2D eigenvalue weighted by Gasteiger charge is 2.30. The third-order valence-electron chi connectivity index (χ3n) is 7.52. The number of aromatic amines is 1. The number of rotatable bonds is 6. The molecular formula is C29H29FN4O2. The highest BCUT2D eigenvalue weighted by atomic mass is 19.1. The van der Waals surface area contributed by atoms with Gasteiger partial charge in [0.1, 0.15) is 23.0 Å². The molecule has 2 atom stereocenters. The molecule has 0 amide bonds. The summed E-state index contributed by atoms with van der Waals surface area (Å²) in [7, 11) is 0. The van der Waals surface area contributed by atoms with E-state index in [1.165, 1.54) is 18.6 Å². The van der Waals surface area contributed by atoms with Crippen LogP contribution in [0.15, 0.2) is 71.8 Å². The Hall–Kier alpha value is -3.87. The van der Waals surface area contributed by atoms with Crippen molar-refractivity contribution < 1.29 is 9.13 Å². The van der Waals surface area contributed by atoms with Crippen LogP contribution in [0.1, 0.15) is 50.6 Å². The predicted octanol–water partition coefficient (Wildman–Crippen LogP) is 6.80. The van der Waals surface area contributed by atoms with E-state index in [4.69, 9.17) is 4.74 Å². The molecule has 0 aliphatic heterocycles. The maximum Gasteiger partial charge on any atom is 0.329 e. The van der Waals surface area contributed by atoms with Crippen molar-refractivity contribution in [2.24, 2.45) is 5.92 Å². The van der Waals surface area contributed by atoms with Crippen LogP contribution in [-0.4, -0.2) is 19.1 Å². The van der Waals surface area contributed by atoms with Crippen molar-refractivity contribution in [3.63, 3.8) is 0 Å². The number of hydrogen-bond donors (Lipinski definition) is 1. The van der Waals surface area contributed by atoms with Crippen molar-refractivity contribution in [2.75, 3.05) is 0 Å². The van der Waals surface area contributed by atoms with Gasteiger partial charge in [-0.15, -0.1) is 0 Å². The van der Waals surface area contributed by atoms with Gasteiger partial charge in [0.2, 0.25) is 0 Å². The number of hydrogen-bond acceptors (Lipinski definition) is 3. The fraction of sp³-hybridized carbons (Fsp3) is 0.310. The molecule has 0 radical (unpaired) electrons. The summed E-state index contributed by atoms with van der Waals surface area (Å²) in [5, 5.41) is 0.983. The number of benzene rings is 2.